The Morgan fingerprint density at radius 1 is 0.971 bits per heavy atom. The van der Waals surface area contributed by atoms with Crippen LogP contribution >= 0.6 is 28.1 Å². The molecule has 0 bridgehead atoms. The number of methoxy groups -OCH3 is 1. The summed E-state index contributed by atoms with van der Waals surface area (Å²) in [6.07, 6.45) is 0. The van der Waals surface area contributed by atoms with Crippen LogP contribution in [0.2, 0.25) is 0 Å². The number of amides is 2. The first kappa shape index (κ1) is 26.3. The molecule has 2 amide bonds. The van der Waals surface area contributed by atoms with Gasteiger partial charge < -0.3 is 20.1 Å². The Balaban J connectivity index is 1.57. The summed E-state index contributed by atoms with van der Waals surface area (Å²) in [6.45, 7) is 2.64. The van der Waals surface area contributed by atoms with E-state index in [1.54, 1.807) is 49.6 Å². The second kappa shape index (κ2) is 13.0. The quantitative estimate of drug-likeness (QED) is 0.251. The van der Waals surface area contributed by atoms with Gasteiger partial charge in [0.1, 0.15) is 12.4 Å². The topological polar surface area (TPSA) is 88.7 Å². The number of ether oxygens (including phenoxy) is 2. The van der Waals surface area contributed by atoms with E-state index in [2.05, 4.69) is 31.9 Å². The first-order valence-electron chi connectivity index (χ1n) is 10.9. The molecule has 3 aromatic rings. The molecule has 0 aliphatic carbocycles. The lowest BCUT2D eigenvalue weighted by atomic mass is 10.1. The van der Waals surface area contributed by atoms with Crippen molar-refractivity contribution in [2.24, 2.45) is 0 Å². The number of carbonyl (C=O) groups is 2. The number of hydrogen-bond acceptors (Lipinski definition) is 5. The van der Waals surface area contributed by atoms with E-state index in [1.165, 1.54) is 0 Å². The van der Waals surface area contributed by atoms with Crippen molar-refractivity contribution in [2.75, 3.05) is 25.6 Å². The molecule has 1 atom stereocenters. The highest BCUT2D eigenvalue weighted by atomic mass is 79.9. The molecule has 35 heavy (non-hydrogen) atoms. The van der Waals surface area contributed by atoms with Gasteiger partial charge in [-0.05, 0) is 67.2 Å². The molecule has 7 nitrogen and oxygen atoms in total. The third kappa shape index (κ3) is 7.88. The minimum absolute atomic E-state index is 0.118. The molecule has 9 heteroatoms. The predicted octanol–water partition coefficient (Wildman–Crippen LogP) is 5.09. The van der Waals surface area contributed by atoms with Crippen LogP contribution in [0, 0.1) is 0 Å². The summed E-state index contributed by atoms with van der Waals surface area (Å²) in [4.78, 5) is 25.4. The van der Waals surface area contributed by atoms with Crippen LogP contribution in [0.15, 0.2) is 77.3 Å². The molecule has 0 aliphatic heterocycles. The number of halogens is 1. The molecule has 0 heterocycles. The lowest BCUT2D eigenvalue weighted by Crippen LogP contribution is -2.34. The third-order valence-electron chi connectivity index (χ3n) is 5.01. The summed E-state index contributed by atoms with van der Waals surface area (Å²) in [5.74, 6) is -0.174. The van der Waals surface area contributed by atoms with Crippen LogP contribution in [0.4, 0.5) is 5.69 Å². The fourth-order valence-electron chi connectivity index (χ4n) is 3.18. The standard InChI is InChI=1S/C26H26BrN3O4S/c1-17(18-6-4-3-5-7-18)28-24(31)19-8-11-21(12-9-19)29-26(35)30-25(32)22-16-20(27)10-13-23(22)34-15-14-33-2/h3-13,16-17H,14-15H2,1-2H3,(H,28,31)(H2,29,30,32,35). The van der Waals surface area contributed by atoms with E-state index >= 15 is 0 Å². The van der Waals surface area contributed by atoms with E-state index in [0.717, 1.165) is 10.0 Å². The molecule has 0 aliphatic rings. The van der Waals surface area contributed by atoms with E-state index in [1.807, 2.05) is 37.3 Å². The molecule has 182 valence electrons. The normalized spacial score (nSPS) is 11.3. The molecule has 0 saturated heterocycles. The minimum atomic E-state index is -0.415. The first-order valence-corrected chi connectivity index (χ1v) is 12.1. The molecule has 0 fully saturated rings. The van der Waals surface area contributed by atoms with Crippen LogP contribution in [0.25, 0.3) is 0 Å². The van der Waals surface area contributed by atoms with Gasteiger partial charge in [0.25, 0.3) is 11.8 Å². The largest absolute Gasteiger partial charge is 0.490 e. The Kier molecular flexibility index (Phi) is 9.77. The molecule has 0 aromatic heterocycles. The van der Waals surface area contributed by atoms with Gasteiger partial charge in [0, 0.05) is 22.8 Å². The number of rotatable bonds is 9. The van der Waals surface area contributed by atoms with Crippen molar-refractivity contribution in [3.8, 4) is 5.75 Å². The summed E-state index contributed by atoms with van der Waals surface area (Å²) in [5, 5.41) is 8.71. The number of anilines is 1. The smallest absolute Gasteiger partial charge is 0.261 e. The van der Waals surface area contributed by atoms with Crippen LogP contribution in [0.3, 0.4) is 0 Å². The van der Waals surface area contributed by atoms with Crippen molar-refractivity contribution in [1.29, 1.82) is 0 Å². The van der Waals surface area contributed by atoms with E-state index < -0.39 is 5.91 Å². The highest BCUT2D eigenvalue weighted by molar-refractivity contribution is 9.10. The number of hydrogen-bond donors (Lipinski definition) is 3. The first-order chi connectivity index (χ1) is 16.9. The molecule has 0 saturated carbocycles. The summed E-state index contributed by atoms with van der Waals surface area (Å²) in [5.41, 5.74) is 2.51. The number of thiocarbonyl (C=S) groups is 1. The Bertz CT molecular complexity index is 1170. The van der Waals surface area contributed by atoms with Gasteiger partial charge in [-0.2, -0.15) is 0 Å². The molecular formula is C26H26BrN3O4S. The molecule has 3 rings (SSSR count). The zero-order chi connectivity index (χ0) is 25.2. The molecule has 3 aromatic carbocycles. The molecular weight excluding hydrogens is 530 g/mol. The number of benzene rings is 3. The summed E-state index contributed by atoms with van der Waals surface area (Å²) < 4.78 is 11.4. The van der Waals surface area contributed by atoms with E-state index in [0.29, 0.717) is 35.8 Å². The highest BCUT2D eigenvalue weighted by Gasteiger charge is 2.16. The van der Waals surface area contributed by atoms with Gasteiger partial charge in [-0.1, -0.05) is 46.3 Å². The van der Waals surface area contributed by atoms with Gasteiger partial charge in [-0.15, -0.1) is 0 Å². The van der Waals surface area contributed by atoms with Crippen molar-refractivity contribution in [3.05, 3.63) is 94.0 Å². The maximum absolute atomic E-state index is 12.8. The highest BCUT2D eigenvalue weighted by Crippen LogP contribution is 2.23. The fraction of sp³-hybridized carbons (Fsp3) is 0.192. The summed E-state index contributed by atoms with van der Waals surface area (Å²) in [7, 11) is 1.58. The molecule has 1 unspecified atom stereocenters. The molecule has 3 N–H and O–H groups in total. The lowest BCUT2D eigenvalue weighted by molar-refractivity contribution is 0.0937. The SMILES string of the molecule is COCCOc1ccc(Br)cc1C(=O)NC(=S)Nc1ccc(C(=O)NC(C)c2ccccc2)cc1. The van der Waals surface area contributed by atoms with Gasteiger partial charge in [0.05, 0.1) is 18.2 Å². The van der Waals surface area contributed by atoms with Crippen LogP contribution in [-0.4, -0.2) is 37.3 Å². The van der Waals surface area contributed by atoms with Crippen molar-refractivity contribution < 1.29 is 19.1 Å². The average Bonchev–Trinajstić information content (AvgIpc) is 2.85. The van der Waals surface area contributed by atoms with Gasteiger partial charge in [0.15, 0.2) is 5.11 Å². The zero-order valence-corrected chi connectivity index (χ0v) is 21.7. The average molecular weight is 556 g/mol. The molecule has 0 spiro atoms. The zero-order valence-electron chi connectivity index (χ0n) is 19.3. The van der Waals surface area contributed by atoms with E-state index in [-0.39, 0.29) is 17.1 Å². The Labute approximate surface area is 218 Å². The van der Waals surface area contributed by atoms with Crippen molar-refractivity contribution >= 4 is 50.8 Å². The second-order valence-electron chi connectivity index (χ2n) is 7.57. The van der Waals surface area contributed by atoms with Crippen molar-refractivity contribution in [2.45, 2.75) is 13.0 Å². The van der Waals surface area contributed by atoms with Crippen LogP contribution < -0.4 is 20.7 Å². The summed E-state index contributed by atoms with van der Waals surface area (Å²) in [6, 6.07) is 21.6. The number of nitrogens with one attached hydrogen (secondary N) is 3. The van der Waals surface area contributed by atoms with E-state index in [4.69, 9.17) is 21.7 Å². The second-order valence-corrected chi connectivity index (χ2v) is 8.90. The van der Waals surface area contributed by atoms with Crippen LogP contribution in [0.1, 0.15) is 39.2 Å². The van der Waals surface area contributed by atoms with Gasteiger partial charge in [-0.3, -0.25) is 14.9 Å². The van der Waals surface area contributed by atoms with Crippen molar-refractivity contribution in [1.82, 2.24) is 10.6 Å². The third-order valence-corrected chi connectivity index (χ3v) is 5.71. The molecule has 0 radical (unpaired) electrons. The van der Waals surface area contributed by atoms with Crippen molar-refractivity contribution in [3.63, 3.8) is 0 Å². The van der Waals surface area contributed by atoms with Crippen LogP contribution in [0.5, 0.6) is 5.75 Å². The minimum Gasteiger partial charge on any atom is -0.490 e. The van der Waals surface area contributed by atoms with Gasteiger partial charge in [-0.25, -0.2) is 0 Å². The van der Waals surface area contributed by atoms with E-state index in [9.17, 15) is 9.59 Å². The Morgan fingerprint density at radius 3 is 2.37 bits per heavy atom. The fourth-order valence-corrected chi connectivity index (χ4v) is 3.75. The van der Waals surface area contributed by atoms with Gasteiger partial charge in [0.2, 0.25) is 0 Å². The maximum Gasteiger partial charge on any atom is 0.261 e. The predicted molar refractivity (Wildman–Crippen MR) is 144 cm³/mol. The van der Waals surface area contributed by atoms with Crippen LogP contribution in [-0.2, 0) is 4.74 Å². The lowest BCUT2D eigenvalue weighted by Gasteiger charge is -2.15. The monoisotopic (exact) mass is 555 g/mol. The Morgan fingerprint density at radius 2 is 1.69 bits per heavy atom. The van der Waals surface area contributed by atoms with Gasteiger partial charge >= 0.3 is 0 Å². The number of carbonyl (C=O) groups excluding carboxylic acids is 2. The summed E-state index contributed by atoms with van der Waals surface area (Å²) >= 11 is 8.67. The Hall–Kier alpha value is -3.27. The maximum atomic E-state index is 12.8.